The highest BCUT2D eigenvalue weighted by molar-refractivity contribution is 7.99. The second-order valence-electron chi connectivity index (χ2n) is 6.86. The number of nitrogens with one attached hydrogen (secondary N) is 1. The number of carbonyl (C=O) groups excluding carboxylic acids is 1. The number of thioether (sulfide) groups is 1. The maximum Gasteiger partial charge on any atom is 0.311 e. The average molecular weight is 416 g/mol. The molecule has 29 heavy (non-hydrogen) atoms. The summed E-state index contributed by atoms with van der Waals surface area (Å²) in [5.74, 6) is 1.00. The Balaban J connectivity index is 1.49. The van der Waals surface area contributed by atoms with Crippen LogP contribution >= 0.6 is 11.8 Å². The lowest BCUT2D eigenvalue weighted by atomic mass is 10.1. The molecule has 0 aromatic heterocycles. The Morgan fingerprint density at radius 1 is 1.24 bits per heavy atom. The molecule has 3 rings (SSSR count). The normalized spacial score (nSPS) is 13.3. The number of nitro benzene ring substituents is 1. The van der Waals surface area contributed by atoms with Gasteiger partial charge in [-0.25, -0.2) is 0 Å². The van der Waals surface area contributed by atoms with E-state index in [-0.39, 0.29) is 17.3 Å². The van der Waals surface area contributed by atoms with Gasteiger partial charge in [-0.3, -0.25) is 14.9 Å². The first-order valence-electron chi connectivity index (χ1n) is 9.57. The lowest BCUT2D eigenvalue weighted by Crippen LogP contribution is -2.26. The maximum absolute atomic E-state index is 12.2. The molecule has 2 aromatic rings. The highest BCUT2D eigenvalue weighted by Crippen LogP contribution is 2.29. The number of hydrogen-bond donors (Lipinski definition) is 1. The Kier molecular flexibility index (Phi) is 7.35. The molecule has 1 aliphatic heterocycles. The van der Waals surface area contributed by atoms with Crippen LogP contribution in [-0.4, -0.2) is 36.8 Å². The molecule has 2 aromatic carbocycles. The Hall–Kier alpha value is -2.74. The van der Waals surface area contributed by atoms with Crippen molar-refractivity contribution < 1.29 is 14.5 Å². The molecule has 1 aliphatic rings. The largest absolute Gasteiger partial charge is 0.490 e. The van der Waals surface area contributed by atoms with Crippen LogP contribution in [0.4, 0.5) is 11.4 Å². The zero-order chi connectivity index (χ0) is 20.6. The Morgan fingerprint density at radius 2 is 2.00 bits per heavy atom. The van der Waals surface area contributed by atoms with Crippen molar-refractivity contribution in [2.45, 2.75) is 25.1 Å². The molecule has 0 bridgehead atoms. The van der Waals surface area contributed by atoms with Gasteiger partial charge in [0.25, 0.3) is 0 Å². The predicted molar refractivity (Wildman–Crippen MR) is 116 cm³/mol. The van der Waals surface area contributed by atoms with E-state index in [9.17, 15) is 14.9 Å². The van der Waals surface area contributed by atoms with Gasteiger partial charge >= 0.3 is 5.69 Å². The first-order chi connectivity index (χ1) is 14.1. The second-order valence-corrected chi connectivity index (χ2v) is 7.84. The number of carbonyl (C=O) groups is 1. The van der Waals surface area contributed by atoms with Crippen LogP contribution in [0.5, 0.6) is 5.75 Å². The number of nitrogens with zero attached hydrogens (tertiary/aromatic N) is 2. The lowest BCUT2D eigenvalue weighted by molar-refractivity contribution is -0.385. The van der Waals surface area contributed by atoms with Crippen LogP contribution in [0.2, 0.25) is 0 Å². The highest BCUT2D eigenvalue weighted by Gasteiger charge is 2.16. The minimum absolute atomic E-state index is 0.0470. The van der Waals surface area contributed by atoms with E-state index in [0.29, 0.717) is 18.1 Å². The van der Waals surface area contributed by atoms with E-state index in [1.807, 2.05) is 12.1 Å². The van der Waals surface area contributed by atoms with Gasteiger partial charge in [-0.1, -0.05) is 24.3 Å². The topological polar surface area (TPSA) is 84.7 Å². The number of nitro groups is 1. The molecule has 1 fully saturated rings. The number of hydrogen-bond acceptors (Lipinski definition) is 6. The Labute approximate surface area is 174 Å². The van der Waals surface area contributed by atoms with Crippen LogP contribution in [-0.2, 0) is 17.1 Å². The summed E-state index contributed by atoms with van der Waals surface area (Å²) in [6, 6.07) is 13.0. The second kappa shape index (κ2) is 10.2. The summed E-state index contributed by atoms with van der Waals surface area (Å²) in [5, 5.41) is 14.1. The van der Waals surface area contributed by atoms with E-state index in [1.54, 1.807) is 12.1 Å². The van der Waals surface area contributed by atoms with Crippen molar-refractivity contribution >= 4 is 29.0 Å². The first-order valence-corrected chi connectivity index (χ1v) is 10.7. The van der Waals surface area contributed by atoms with Crippen LogP contribution in [0, 0.1) is 10.1 Å². The molecule has 8 heteroatoms. The van der Waals surface area contributed by atoms with Crippen molar-refractivity contribution in [2.75, 3.05) is 30.9 Å². The minimum atomic E-state index is -0.461. The van der Waals surface area contributed by atoms with E-state index in [1.165, 1.54) is 43.5 Å². The van der Waals surface area contributed by atoms with Crippen molar-refractivity contribution in [3.05, 3.63) is 63.7 Å². The van der Waals surface area contributed by atoms with E-state index in [2.05, 4.69) is 22.3 Å². The number of amides is 1. The number of rotatable bonds is 9. The van der Waals surface area contributed by atoms with Crippen molar-refractivity contribution in [3.8, 4) is 5.75 Å². The molecule has 1 saturated heterocycles. The molecular weight excluding hydrogens is 390 g/mol. The monoisotopic (exact) mass is 415 g/mol. The van der Waals surface area contributed by atoms with Crippen molar-refractivity contribution in [3.63, 3.8) is 0 Å². The third kappa shape index (κ3) is 5.63. The molecule has 1 heterocycles. The van der Waals surface area contributed by atoms with Gasteiger partial charge in [0.05, 0.1) is 17.8 Å². The summed E-state index contributed by atoms with van der Waals surface area (Å²) in [7, 11) is 1.41. The molecular formula is C21H25N3O4S. The van der Waals surface area contributed by atoms with E-state index < -0.39 is 4.92 Å². The summed E-state index contributed by atoms with van der Waals surface area (Å²) < 4.78 is 5.01. The molecule has 0 aliphatic carbocycles. The number of anilines is 1. The van der Waals surface area contributed by atoms with E-state index in [4.69, 9.17) is 4.74 Å². The van der Waals surface area contributed by atoms with Gasteiger partial charge in [0, 0.05) is 37.1 Å². The number of methoxy groups -OCH3 is 1. The Morgan fingerprint density at radius 3 is 2.72 bits per heavy atom. The van der Waals surface area contributed by atoms with E-state index >= 15 is 0 Å². The SMILES string of the molecule is COc1ccc(CSCC(=O)NCc2ccccc2N2CCCC2)cc1[N+](=O)[O-]. The number of benzene rings is 2. The quantitative estimate of drug-likeness (QED) is 0.496. The molecule has 0 unspecified atom stereocenters. The van der Waals surface area contributed by atoms with Crippen LogP contribution in [0.25, 0.3) is 0 Å². The summed E-state index contributed by atoms with van der Waals surface area (Å²) in [4.78, 5) is 25.3. The molecule has 1 N–H and O–H groups in total. The molecule has 0 radical (unpaired) electrons. The fourth-order valence-corrected chi connectivity index (χ4v) is 4.21. The third-order valence-corrected chi connectivity index (χ3v) is 5.86. The number of ether oxygens (including phenoxy) is 1. The Bertz CT molecular complexity index is 869. The molecule has 0 saturated carbocycles. The van der Waals surface area contributed by atoms with Gasteiger partial charge in [-0.05, 0) is 36.1 Å². The van der Waals surface area contributed by atoms with Crippen LogP contribution in [0.3, 0.4) is 0 Å². The maximum atomic E-state index is 12.2. The van der Waals surface area contributed by atoms with Gasteiger partial charge < -0.3 is 15.0 Å². The molecule has 1 amide bonds. The first kappa shape index (κ1) is 21.0. The van der Waals surface area contributed by atoms with Gasteiger partial charge in [-0.2, -0.15) is 0 Å². The van der Waals surface area contributed by atoms with Crippen molar-refractivity contribution in [1.29, 1.82) is 0 Å². The highest BCUT2D eigenvalue weighted by atomic mass is 32.2. The predicted octanol–water partition coefficient (Wildman–Crippen LogP) is 3.75. The smallest absolute Gasteiger partial charge is 0.311 e. The van der Waals surface area contributed by atoms with Crippen LogP contribution in [0.15, 0.2) is 42.5 Å². The zero-order valence-electron chi connectivity index (χ0n) is 16.4. The lowest BCUT2D eigenvalue weighted by Gasteiger charge is -2.21. The van der Waals surface area contributed by atoms with Crippen LogP contribution < -0.4 is 15.0 Å². The molecule has 0 spiro atoms. The summed E-state index contributed by atoms with van der Waals surface area (Å²) >= 11 is 1.43. The molecule has 0 atom stereocenters. The van der Waals surface area contributed by atoms with Gasteiger partial charge in [0.15, 0.2) is 5.75 Å². The summed E-state index contributed by atoms with van der Waals surface area (Å²) in [6.07, 6.45) is 2.42. The standard InChI is InChI=1S/C21H25N3O4S/c1-28-20-9-8-16(12-19(20)24(26)27)14-29-15-21(25)22-13-17-6-2-3-7-18(17)23-10-4-5-11-23/h2-3,6-9,12H,4-5,10-11,13-15H2,1H3,(H,22,25). The average Bonchev–Trinajstić information content (AvgIpc) is 3.27. The summed E-state index contributed by atoms with van der Waals surface area (Å²) in [5.41, 5.74) is 3.05. The van der Waals surface area contributed by atoms with E-state index in [0.717, 1.165) is 24.2 Å². The molecule has 7 nitrogen and oxygen atoms in total. The summed E-state index contributed by atoms with van der Waals surface area (Å²) in [6.45, 7) is 2.63. The number of para-hydroxylation sites is 1. The fourth-order valence-electron chi connectivity index (χ4n) is 3.40. The fraction of sp³-hybridized carbons (Fsp3) is 0.381. The zero-order valence-corrected chi connectivity index (χ0v) is 17.2. The van der Waals surface area contributed by atoms with Gasteiger partial charge in [0.1, 0.15) is 0 Å². The molecule has 154 valence electrons. The van der Waals surface area contributed by atoms with Crippen LogP contribution in [0.1, 0.15) is 24.0 Å². The van der Waals surface area contributed by atoms with Crippen molar-refractivity contribution in [2.24, 2.45) is 0 Å². The minimum Gasteiger partial charge on any atom is -0.490 e. The van der Waals surface area contributed by atoms with Crippen molar-refractivity contribution in [1.82, 2.24) is 5.32 Å². The van der Waals surface area contributed by atoms with Gasteiger partial charge in [0.2, 0.25) is 5.91 Å². The van der Waals surface area contributed by atoms with Gasteiger partial charge in [-0.15, -0.1) is 11.8 Å². The third-order valence-electron chi connectivity index (χ3n) is 4.86.